The van der Waals surface area contributed by atoms with Crippen molar-refractivity contribution in [3.63, 3.8) is 0 Å². The fourth-order valence-electron chi connectivity index (χ4n) is 4.60. The number of hydrogen-bond donors (Lipinski definition) is 2. The van der Waals surface area contributed by atoms with E-state index >= 15 is 0 Å². The van der Waals surface area contributed by atoms with Crippen molar-refractivity contribution in [3.05, 3.63) is 23.8 Å². The van der Waals surface area contributed by atoms with Crippen LogP contribution in [0.1, 0.15) is 50.5 Å². The standard InChI is InChI=1S/C21H30N2O3/c1-25-17-7-6-15(19(12-17)26-16-4-2-3-5-16)14-23-20(24)18-13-21(18)8-10-22-11-9-21/h6-7,12,16,18,22H,2-5,8-11,13-14H2,1H3,(H,23,24). The van der Waals surface area contributed by atoms with Crippen LogP contribution in [-0.4, -0.2) is 32.2 Å². The second-order valence-corrected chi connectivity index (χ2v) is 8.08. The number of piperidine rings is 1. The van der Waals surface area contributed by atoms with E-state index < -0.39 is 0 Å². The number of benzene rings is 1. The maximum absolute atomic E-state index is 12.6. The Bertz CT molecular complexity index is 649. The molecule has 5 nitrogen and oxygen atoms in total. The Balaban J connectivity index is 1.38. The normalized spacial score (nSPS) is 24.4. The van der Waals surface area contributed by atoms with E-state index in [0.29, 0.717) is 6.54 Å². The highest BCUT2D eigenvalue weighted by Crippen LogP contribution is 2.58. The average Bonchev–Trinajstić information content (AvgIpc) is 3.11. The molecular weight excluding hydrogens is 328 g/mol. The first kappa shape index (κ1) is 17.7. The van der Waals surface area contributed by atoms with Crippen LogP contribution in [0.4, 0.5) is 0 Å². The lowest BCUT2D eigenvalue weighted by Gasteiger charge is -2.23. The molecule has 1 spiro atoms. The molecule has 1 aromatic carbocycles. The number of methoxy groups -OCH3 is 1. The first-order chi connectivity index (χ1) is 12.7. The van der Waals surface area contributed by atoms with E-state index in [1.54, 1.807) is 7.11 Å². The largest absolute Gasteiger partial charge is 0.497 e. The van der Waals surface area contributed by atoms with Crippen LogP contribution in [0.15, 0.2) is 18.2 Å². The molecule has 5 heteroatoms. The third kappa shape index (κ3) is 3.68. The predicted molar refractivity (Wildman–Crippen MR) is 100 cm³/mol. The molecular formula is C21H30N2O3. The van der Waals surface area contributed by atoms with Crippen LogP contribution in [0.25, 0.3) is 0 Å². The molecule has 3 aliphatic rings. The van der Waals surface area contributed by atoms with Crippen molar-refractivity contribution in [2.24, 2.45) is 11.3 Å². The molecule has 26 heavy (non-hydrogen) atoms. The highest BCUT2D eigenvalue weighted by Gasteiger charge is 2.57. The van der Waals surface area contributed by atoms with Crippen molar-refractivity contribution in [1.29, 1.82) is 0 Å². The number of amides is 1. The lowest BCUT2D eigenvalue weighted by molar-refractivity contribution is -0.123. The minimum absolute atomic E-state index is 0.196. The summed E-state index contributed by atoms with van der Waals surface area (Å²) in [5.41, 5.74) is 1.31. The molecule has 1 aliphatic heterocycles. The maximum Gasteiger partial charge on any atom is 0.223 e. The molecule has 2 saturated carbocycles. The zero-order valence-electron chi connectivity index (χ0n) is 15.7. The summed E-state index contributed by atoms with van der Waals surface area (Å²) in [5, 5.41) is 6.55. The van der Waals surface area contributed by atoms with Gasteiger partial charge in [-0.3, -0.25) is 4.79 Å². The molecule has 1 amide bonds. The Morgan fingerprint density at radius 1 is 1.27 bits per heavy atom. The second-order valence-electron chi connectivity index (χ2n) is 8.08. The summed E-state index contributed by atoms with van der Waals surface area (Å²) < 4.78 is 11.6. The third-order valence-corrected chi connectivity index (χ3v) is 6.43. The van der Waals surface area contributed by atoms with Gasteiger partial charge in [-0.15, -0.1) is 0 Å². The van der Waals surface area contributed by atoms with Crippen LogP contribution < -0.4 is 20.1 Å². The Labute approximate surface area is 155 Å². The van der Waals surface area contributed by atoms with Crippen LogP contribution in [0.5, 0.6) is 11.5 Å². The number of rotatable bonds is 6. The van der Waals surface area contributed by atoms with Gasteiger partial charge >= 0.3 is 0 Å². The Kier molecular flexibility index (Phi) is 5.07. The number of nitrogens with one attached hydrogen (secondary N) is 2. The quantitative estimate of drug-likeness (QED) is 0.821. The molecule has 1 unspecified atom stereocenters. The fraction of sp³-hybridized carbons (Fsp3) is 0.667. The van der Waals surface area contributed by atoms with Gasteiger partial charge in [0.05, 0.1) is 13.2 Å². The summed E-state index contributed by atoms with van der Waals surface area (Å²) >= 11 is 0. The van der Waals surface area contributed by atoms with Crippen LogP contribution in [0, 0.1) is 11.3 Å². The van der Waals surface area contributed by atoms with E-state index in [-0.39, 0.29) is 23.3 Å². The summed E-state index contributed by atoms with van der Waals surface area (Å²) in [5.74, 6) is 2.05. The maximum atomic E-state index is 12.6. The molecule has 2 N–H and O–H groups in total. The van der Waals surface area contributed by atoms with Gasteiger partial charge in [0.25, 0.3) is 0 Å². The second kappa shape index (κ2) is 7.47. The first-order valence-electron chi connectivity index (χ1n) is 10.0. The highest BCUT2D eigenvalue weighted by atomic mass is 16.5. The van der Waals surface area contributed by atoms with Crippen molar-refractivity contribution < 1.29 is 14.3 Å². The lowest BCUT2D eigenvalue weighted by atomic mass is 9.92. The minimum atomic E-state index is 0.196. The van der Waals surface area contributed by atoms with Crippen LogP contribution in [0.2, 0.25) is 0 Å². The number of carbonyl (C=O) groups is 1. The van der Waals surface area contributed by atoms with Crippen LogP contribution >= 0.6 is 0 Å². The topological polar surface area (TPSA) is 59.6 Å². The van der Waals surface area contributed by atoms with Gasteiger partial charge in [0, 0.05) is 24.1 Å². The first-order valence-corrected chi connectivity index (χ1v) is 10.0. The number of ether oxygens (including phenoxy) is 2. The minimum Gasteiger partial charge on any atom is -0.497 e. The Morgan fingerprint density at radius 2 is 2.04 bits per heavy atom. The summed E-state index contributed by atoms with van der Waals surface area (Å²) in [7, 11) is 1.67. The molecule has 1 atom stereocenters. The summed E-state index contributed by atoms with van der Waals surface area (Å²) in [4.78, 5) is 12.6. The van der Waals surface area contributed by atoms with Gasteiger partial charge in [-0.05, 0) is 75.6 Å². The van der Waals surface area contributed by atoms with Gasteiger partial charge in [0.2, 0.25) is 5.91 Å². The third-order valence-electron chi connectivity index (χ3n) is 6.43. The van der Waals surface area contributed by atoms with Crippen LogP contribution in [0.3, 0.4) is 0 Å². The van der Waals surface area contributed by atoms with E-state index in [0.717, 1.165) is 62.3 Å². The van der Waals surface area contributed by atoms with E-state index in [9.17, 15) is 4.79 Å². The number of hydrogen-bond acceptors (Lipinski definition) is 4. The summed E-state index contributed by atoms with van der Waals surface area (Å²) in [6.45, 7) is 2.61. The van der Waals surface area contributed by atoms with Crippen molar-refractivity contribution in [3.8, 4) is 11.5 Å². The Morgan fingerprint density at radius 3 is 2.77 bits per heavy atom. The van der Waals surface area contributed by atoms with E-state index in [1.165, 1.54) is 12.8 Å². The van der Waals surface area contributed by atoms with Crippen molar-refractivity contribution in [2.45, 2.75) is 57.6 Å². The smallest absolute Gasteiger partial charge is 0.223 e. The number of carbonyl (C=O) groups excluding carboxylic acids is 1. The van der Waals surface area contributed by atoms with Gasteiger partial charge in [-0.2, -0.15) is 0 Å². The fourth-order valence-corrected chi connectivity index (χ4v) is 4.60. The van der Waals surface area contributed by atoms with Gasteiger partial charge in [0.1, 0.15) is 11.5 Å². The molecule has 142 valence electrons. The molecule has 0 bridgehead atoms. The molecule has 1 heterocycles. The lowest BCUT2D eigenvalue weighted by Crippen LogP contribution is -2.33. The molecule has 4 rings (SSSR count). The van der Waals surface area contributed by atoms with Gasteiger partial charge in [0.15, 0.2) is 0 Å². The molecule has 0 aromatic heterocycles. The zero-order chi connectivity index (χ0) is 18.0. The summed E-state index contributed by atoms with van der Waals surface area (Å²) in [6, 6.07) is 5.90. The van der Waals surface area contributed by atoms with E-state index in [1.807, 2.05) is 18.2 Å². The molecule has 3 fully saturated rings. The SMILES string of the molecule is COc1ccc(CNC(=O)C2CC23CCNCC3)c(OC2CCCC2)c1. The van der Waals surface area contributed by atoms with Crippen molar-refractivity contribution in [1.82, 2.24) is 10.6 Å². The highest BCUT2D eigenvalue weighted by molar-refractivity contribution is 5.82. The van der Waals surface area contributed by atoms with Crippen molar-refractivity contribution in [2.75, 3.05) is 20.2 Å². The summed E-state index contributed by atoms with van der Waals surface area (Å²) in [6.07, 6.45) is 8.29. The van der Waals surface area contributed by atoms with Gasteiger partial charge < -0.3 is 20.1 Å². The molecule has 1 aromatic rings. The van der Waals surface area contributed by atoms with Gasteiger partial charge in [-0.1, -0.05) is 0 Å². The zero-order valence-corrected chi connectivity index (χ0v) is 15.7. The van der Waals surface area contributed by atoms with E-state index in [4.69, 9.17) is 9.47 Å². The Hall–Kier alpha value is -1.75. The molecule has 2 aliphatic carbocycles. The predicted octanol–water partition coefficient (Wildman–Crippen LogP) is 3.02. The van der Waals surface area contributed by atoms with E-state index in [2.05, 4.69) is 10.6 Å². The average molecular weight is 358 g/mol. The van der Waals surface area contributed by atoms with Crippen LogP contribution in [-0.2, 0) is 11.3 Å². The molecule has 1 saturated heterocycles. The van der Waals surface area contributed by atoms with Crippen molar-refractivity contribution >= 4 is 5.91 Å². The monoisotopic (exact) mass is 358 g/mol. The van der Waals surface area contributed by atoms with Gasteiger partial charge in [-0.25, -0.2) is 0 Å². The molecule has 0 radical (unpaired) electrons.